The van der Waals surface area contributed by atoms with Crippen LogP contribution in [-0.2, 0) is 11.8 Å². The Morgan fingerprint density at radius 1 is 1.27 bits per heavy atom. The topological polar surface area (TPSA) is 98.7 Å². The third-order valence-electron chi connectivity index (χ3n) is 4.41. The van der Waals surface area contributed by atoms with Crippen LogP contribution in [0.3, 0.4) is 0 Å². The Bertz CT molecular complexity index is 1140. The van der Waals surface area contributed by atoms with Gasteiger partial charge in [-0.3, -0.25) is 9.36 Å². The van der Waals surface area contributed by atoms with Gasteiger partial charge in [0.25, 0.3) is 11.8 Å². The van der Waals surface area contributed by atoms with Gasteiger partial charge in [0.15, 0.2) is 5.82 Å². The number of nitrogens with one attached hydrogen (secondary N) is 1. The van der Waals surface area contributed by atoms with Gasteiger partial charge in [-0.2, -0.15) is 4.98 Å². The summed E-state index contributed by atoms with van der Waals surface area (Å²) in [7, 11) is 0. The number of aromatic nitrogens is 5. The molecule has 0 bridgehead atoms. The Hall–Kier alpha value is -3.33. The number of amides is 1. The Kier molecular flexibility index (Phi) is 5.45. The minimum Gasteiger partial charge on any atom is -0.350 e. The zero-order chi connectivity index (χ0) is 21.1. The molecule has 0 aliphatic rings. The van der Waals surface area contributed by atoms with Crippen LogP contribution in [-0.4, -0.2) is 37.1 Å². The Balaban J connectivity index is 1.46. The fourth-order valence-corrected chi connectivity index (χ4v) is 3.46. The third kappa shape index (κ3) is 4.46. The quantitative estimate of drug-likeness (QED) is 0.509. The number of hydrogen-bond acceptors (Lipinski definition) is 7. The predicted molar refractivity (Wildman–Crippen MR) is 114 cm³/mol. The largest absolute Gasteiger partial charge is 0.350 e. The SMILES string of the molecule is CC(C)(C)c1noc(-c2ccnc(-n3cnc(C(=O)NCCc4cccs4)c3)c2)n1. The van der Waals surface area contributed by atoms with E-state index >= 15 is 0 Å². The normalized spacial score (nSPS) is 11.6. The average Bonchev–Trinajstić information content (AvgIpc) is 3.48. The molecule has 4 aromatic rings. The van der Waals surface area contributed by atoms with E-state index in [1.807, 2.05) is 38.3 Å². The molecule has 0 fully saturated rings. The predicted octanol–water partition coefficient (Wildman–Crippen LogP) is 3.65. The Labute approximate surface area is 178 Å². The Morgan fingerprint density at radius 2 is 2.13 bits per heavy atom. The van der Waals surface area contributed by atoms with Crippen LogP contribution in [0, 0.1) is 0 Å². The fraction of sp³-hybridized carbons (Fsp3) is 0.286. The number of pyridine rings is 1. The van der Waals surface area contributed by atoms with Crippen molar-refractivity contribution >= 4 is 17.2 Å². The lowest BCUT2D eigenvalue weighted by molar-refractivity contribution is 0.0949. The lowest BCUT2D eigenvalue weighted by Gasteiger charge is -2.10. The maximum atomic E-state index is 12.4. The van der Waals surface area contributed by atoms with Gasteiger partial charge in [-0.1, -0.05) is 32.0 Å². The number of hydrogen-bond donors (Lipinski definition) is 1. The number of imidazole rings is 1. The highest BCUT2D eigenvalue weighted by molar-refractivity contribution is 7.09. The first-order chi connectivity index (χ1) is 14.4. The highest BCUT2D eigenvalue weighted by atomic mass is 32.1. The molecule has 1 N–H and O–H groups in total. The molecule has 0 atom stereocenters. The van der Waals surface area contributed by atoms with E-state index in [0.717, 1.165) is 12.0 Å². The van der Waals surface area contributed by atoms with Gasteiger partial charge >= 0.3 is 0 Å². The number of carbonyl (C=O) groups is 1. The molecule has 4 heterocycles. The molecule has 0 saturated carbocycles. The summed E-state index contributed by atoms with van der Waals surface area (Å²) >= 11 is 1.68. The van der Waals surface area contributed by atoms with Crippen molar-refractivity contribution in [2.45, 2.75) is 32.6 Å². The fourth-order valence-electron chi connectivity index (χ4n) is 2.75. The number of rotatable bonds is 6. The summed E-state index contributed by atoms with van der Waals surface area (Å²) < 4.78 is 7.10. The Morgan fingerprint density at radius 3 is 2.87 bits per heavy atom. The van der Waals surface area contributed by atoms with Crippen molar-refractivity contribution < 1.29 is 9.32 Å². The zero-order valence-corrected chi connectivity index (χ0v) is 17.8. The van der Waals surface area contributed by atoms with Crippen molar-refractivity contribution in [2.24, 2.45) is 0 Å². The van der Waals surface area contributed by atoms with Gasteiger partial charge < -0.3 is 9.84 Å². The minimum absolute atomic E-state index is 0.201. The number of thiophene rings is 1. The molecule has 0 aliphatic carbocycles. The highest BCUT2D eigenvalue weighted by Crippen LogP contribution is 2.24. The lowest BCUT2D eigenvalue weighted by Crippen LogP contribution is -2.25. The van der Waals surface area contributed by atoms with Crippen LogP contribution >= 0.6 is 11.3 Å². The van der Waals surface area contributed by atoms with Gasteiger partial charge in [-0.15, -0.1) is 11.3 Å². The summed E-state index contributed by atoms with van der Waals surface area (Å²) in [5.41, 5.74) is 0.883. The van der Waals surface area contributed by atoms with Crippen molar-refractivity contribution in [3.63, 3.8) is 0 Å². The second-order valence-corrected chi connectivity index (χ2v) is 8.86. The molecule has 4 aromatic heterocycles. The summed E-state index contributed by atoms with van der Waals surface area (Å²) in [6.07, 6.45) is 5.68. The summed E-state index contributed by atoms with van der Waals surface area (Å²) in [5, 5.41) is 8.98. The van der Waals surface area contributed by atoms with Gasteiger partial charge in [0, 0.05) is 34.8 Å². The first-order valence-corrected chi connectivity index (χ1v) is 10.4. The molecule has 0 spiro atoms. The maximum absolute atomic E-state index is 12.4. The molecule has 0 aliphatic heterocycles. The van der Waals surface area contributed by atoms with Crippen LogP contribution in [0.1, 0.15) is 42.0 Å². The van der Waals surface area contributed by atoms with Crippen molar-refractivity contribution in [3.8, 4) is 17.3 Å². The van der Waals surface area contributed by atoms with Crippen LogP contribution in [0.25, 0.3) is 17.3 Å². The van der Waals surface area contributed by atoms with E-state index in [-0.39, 0.29) is 11.3 Å². The van der Waals surface area contributed by atoms with Gasteiger partial charge in [-0.05, 0) is 30.0 Å². The van der Waals surface area contributed by atoms with E-state index < -0.39 is 0 Å². The summed E-state index contributed by atoms with van der Waals surface area (Å²) in [6.45, 7) is 6.64. The van der Waals surface area contributed by atoms with Crippen LogP contribution < -0.4 is 5.32 Å². The summed E-state index contributed by atoms with van der Waals surface area (Å²) in [5.74, 6) is 1.46. The monoisotopic (exact) mass is 422 g/mol. The highest BCUT2D eigenvalue weighted by Gasteiger charge is 2.21. The van der Waals surface area contributed by atoms with E-state index in [2.05, 4.69) is 31.5 Å². The van der Waals surface area contributed by atoms with Crippen LogP contribution in [0.5, 0.6) is 0 Å². The standard InChI is InChI=1S/C21H22N6O2S/c1-21(2,3)20-25-19(29-26-20)14-6-8-22-17(11-14)27-12-16(24-13-27)18(28)23-9-7-15-5-4-10-30-15/h4-6,8,10-13H,7,9H2,1-3H3,(H,23,28). The molecule has 0 aromatic carbocycles. The van der Waals surface area contributed by atoms with Crippen LogP contribution in [0.15, 0.2) is 52.9 Å². The molecule has 0 unspecified atom stereocenters. The van der Waals surface area contributed by atoms with E-state index in [0.29, 0.717) is 29.8 Å². The number of carbonyl (C=O) groups excluding carboxylic acids is 1. The van der Waals surface area contributed by atoms with Gasteiger partial charge in [0.2, 0.25) is 0 Å². The first kappa shape index (κ1) is 20.0. The van der Waals surface area contributed by atoms with Crippen LogP contribution in [0.2, 0.25) is 0 Å². The smallest absolute Gasteiger partial charge is 0.271 e. The van der Waals surface area contributed by atoms with Crippen LogP contribution in [0.4, 0.5) is 0 Å². The number of nitrogens with zero attached hydrogens (tertiary/aromatic N) is 5. The van der Waals surface area contributed by atoms with Crippen molar-refractivity contribution in [2.75, 3.05) is 6.54 Å². The second-order valence-electron chi connectivity index (χ2n) is 7.83. The van der Waals surface area contributed by atoms with E-state index in [4.69, 9.17) is 4.52 Å². The lowest BCUT2D eigenvalue weighted by atomic mass is 9.96. The van der Waals surface area contributed by atoms with Gasteiger partial charge in [0.05, 0.1) is 0 Å². The molecular weight excluding hydrogens is 400 g/mol. The molecule has 4 rings (SSSR count). The molecule has 30 heavy (non-hydrogen) atoms. The molecular formula is C21H22N6O2S. The maximum Gasteiger partial charge on any atom is 0.271 e. The van der Waals surface area contributed by atoms with Crippen molar-refractivity contribution in [1.29, 1.82) is 0 Å². The van der Waals surface area contributed by atoms with E-state index in [1.54, 1.807) is 40.7 Å². The molecule has 154 valence electrons. The minimum atomic E-state index is -0.215. The molecule has 9 heteroatoms. The van der Waals surface area contributed by atoms with Gasteiger partial charge in [0.1, 0.15) is 17.8 Å². The average molecular weight is 423 g/mol. The van der Waals surface area contributed by atoms with Gasteiger partial charge in [-0.25, -0.2) is 9.97 Å². The molecule has 0 radical (unpaired) electrons. The second kappa shape index (κ2) is 8.19. The molecule has 1 amide bonds. The summed E-state index contributed by atoms with van der Waals surface area (Å²) in [6, 6.07) is 7.68. The first-order valence-electron chi connectivity index (χ1n) is 9.56. The van der Waals surface area contributed by atoms with E-state index in [1.165, 1.54) is 4.88 Å². The molecule has 0 saturated heterocycles. The third-order valence-corrected chi connectivity index (χ3v) is 5.34. The molecule has 8 nitrogen and oxygen atoms in total. The van der Waals surface area contributed by atoms with Crippen molar-refractivity contribution in [3.05, 3.63) is 64.8 Å². The zero-order valence-electron chi connectivity index (χ0n) is 17.0. The van der Waals surface area contributed by atoms with E-state index in [9.17, 15) is 4.79 Å². The van der Waals surface area contributed by atoms with Crippen molar-refractivity contribution in [1.82, 2.24) is 30.0 Å². The summed E-state index contributed by atoms with van der Waals surface area (Å²) in [4.78, 5) is 26.7.